The highest BCUT2D eigenvalue weighted by atomic mass is 15.3. The quantitative estimate of drug-likeness (QED) is 0.631. The average Bonchev–Trinajstić information content (AvgIpc) is 2.69. The molecule has 0 aliphatic carbocycles. The van der Waals surface area contributed by atoms with Crippen molar-refractivity contribution in [2.45, 2.75) is 19.4 Å². The van der Waals surface area contributed by atoms with Crippen molar-refractivity contribution in [3.63, 3.8) is 0 Å². The maximum Gasteiger partial charge on any atom is 0.160 e. The zero-order chi connectivity index (χ0) is 13.1. The lowest BCUT2D eigenvalue weighted by Crippen LogP contribution is -2.24. The van der Waals surface area contributed by atoms with Crippen LogP contribution in [0, 0.1) is 0 Å². The molecule has 19 heavy (non-hydrogen) atoms. The third-order valence-electron chi connectivity index (χ3n) is 3.45. The predicted octanol–water partition coefficient (Wildman–Crippen LogP) is 1.72. The molecule has 1 aromatic carbocycles. The minimum Gasteiger partial charge on any atom is -0.351 e. The molecule has 3 N–H and O–H groups in total. The summed E-state index contributed by atoms with van der Waals surface area (Å²) in [5.41, 5.74) is 5.35. The van der Waals surface area contributed by atoms with Crippen LogP contribution in [-0.2, 0) is 13.0 Å². The predicted molar refractivity (Wildman–Crippen MR) is 75.7 cm³/mol. The van der Waals surface area contributed by atoms with Crippen molar-refractivity contribution in [3.8, 4) is 0 Å². The van der Waals surface area contributed by atoms with Gasteiger partial charge in [0.25, 0.3) is 0 Å². The molecule has 98 valence electrons. The summed E-state index contributed by atoms with van der Waals surface area (Å²) in [6.45, 7) is 1.86. The second kappa shape index (κ2) is 5.24. The number of nitrogens with two attached hydrogens (primary N) is 1. The Kier molecular flexibility index (Phi) is 3.29. The zero-order valence-corrected chi connectivity index (χ0v) is 10.7. The summed E-state index contributed by atoms with van der Waals surface area (Å²) in [6.07, 6.45) is 5.65. The van der Waals surface area contributed by atoms with Crippen LogP contribution in [0.25, 0.3) is 0 Å². The third-order valence-corrected chi connectivity index (χ3v) is 3.45. The van der Waals surface area contributed by atoms with Gasteiger partial charge in [-0.25, -0.2) is 10.8 Å². The van der Waals surface area contributed by atoms with Crippen molar-refractivity contribution in [2.24, 2.45) is 5.84 Å². The zero-order valence-electron chi connectivity index (χ0n) is 10.7. The fraction of sp³-hybridized carbons (Fsp3) is 0.286. The van der Waals surface area contributed by atoms with Crippen LogP contribution >= 0.6 is 0 Å². The number of anilines is 2. The van der Waals surface area contributed by atoms with Crippen LogP contribution in [0.4, 0.5) is 11.6 Å². The van der Waals surface area contributed by atoms with Gasteiger partial charge in [-0.3, -0.25) is 4.98 Å². The van der Waals surface area contributed by atoms with Crippen LogP contribution in [-0.4, -0.2) is 16.5 Å². The average molecular weight is 255 g/mol. The Bertz CT molecular complexity index is 569. The minimum atomic E-state index is 0.593. The largest absolute Gasteiger partial charge is 0.351 e. The molecule has 5 nitrogen and oxygen atoms in total. The van der Waals surface area contributed by atoms with E-state index in [1.807, 2.05) is 0 Å². The van der Waals surface area contributed by atoms with E-state index in [-0.39, 0.29) is 0 Å². The second-order valence-corrected chi connectivity index (χ2v) is 4.70. The molecule has 0 fully saturated rings. The van der Waals surface area contributed by atoms with Crippen LogP contribution in [0.2, 0.25) is 0 Å². The first kappa shape index (κ1) is 11.9. The van der Waals surface area contributed by atoms with Gasteiger partial charge < -0.3 is 10.3 Å². The van der Waals surface area contributed by atoms with Crippen LogP contribution in [0.1, 0.15) is 17.5 Å². The Morgan fingerprint density at radius 2 is 2.00 bits per heavy atom. The number of hydrogen-bond acceptors (Lipinski definition) is 5. The van der Waals surface area contributed by atoms with Crippen molar-refractivity contribution in [3.05, 3.63) is 47.8 Å². The Labute approximate surface area is 112 Å². The van der Waals surface area contributed by atoms with Gasteiger partial charge in [0.1, 0.15) is 5.82 Å². The lowest BCUT2D eigenvalue weighted by atomic mass is 10.0. The Hall–Kier alpha value is -2.14. The summed E-state index contributed by atoms with van der Waals surface area (Å²) in [5.74, 6) is 6.85. The van der Waals surface area contributed by atoms with E-state index in [1.54, 1.807) is 12.4 Å². The molecular formula is C14H17N5. The highest BCUT2D eigenvalue weighted by Gasteiger charge is 2.15. The van der Waals surface area contributed by atoms with Crippen LogP contribution in [0.5, 0.6) is 0 Å². The number of benzene rings is 1. The molecule has 2 aromatic rings. The summed E-state index contributed by atoms with van der Waals surface area (Å²) >= 11 is 0. The van der Waals surface area contributed by atoms with Gasteiger partial charge >= 0.3 is 0 Å². The molecule has 1 aliphatic heterocycles. The molecule has 0 unspecified atom stereocenters. The minimum absolute atomic E-state index is 0.593. The first-order chi connectivity index (χ1) is 9.36. The van der Waals surface area contributed by atoms with Crippen molar-refractivity contribution in [1.82, 2.24) is 9.97 Å². The molecule has 1 aliphatic rings. The van der Waals surface area contributed by atoms with E-state index in [1.165, 1.54) is 11.1 Å². The lowest BCUT2D eigenvalue weighted by Gasteiger charge is -2.21. The molecule has 1 aromatic heterocycles. The van der Waals surface area contributed by atoms with Gasteiger partial charge in [0.05, 0.1) is 12.4 Å². The smallest absolute Gasteiger partial charge is 0.160 e. The number of nitrogen functional groups attached to an aromatic ring is 1. The van der Waals surface area contributed by atoms with Crippen molar-refractivity contribution in [2.75, 3.05) is 16.9 Å². The Morgan fingerprint density at radius 3 is 2.84 bits per heavy atom. The van der Waals surface area contributed by atoms with Gasteiger partial charge in [0.15, 0.2) is 5.82 Å². The first-order valence-corrected chi connectivity index (χ1v) is 6.47. The molecule has 2 heterocycles. The molecule has 0 bridgehead atoms. The fourth-order valence-corrected chi connectivity index (χ4v) is 2.47. The van der Waals surface area contributed by atoms with E-state index < -0.39 is 0 Å². The molecular weight excluding hydrogens is 238 g/mol. The molecule has 0 saturated carbocycles. The molecule has 0 radical (unpaired) electrons. The summed E-state index contributed by atoms with van der Waals surface area (Å²) in [5, 5.41) is 0. The number of hydrogen-bond donors (Lipinski definition) is 2. The SMILES string of the molecule is NNc1cncc(N2CCCc3ccccc3C2)n1. The number of aryl methyl sites for hydroxylation is 1. The number of fused-ring (bicyclic) bond motifs is 1. The molecule has 0 atom stereocenters. The van der Waals surface area contributed by atoms with Crippen molar-refractivity contribution in [1.29, 1.82) is 0 Å². The van der Waals surface area contributed by atoms with Gasteiger partial charge in [0, 0.05) is 13.1 Å². The Balaban J connectivity index is 1.89. The van der Waals surface area contributed by atoms with Gasteiger partial charge in [-0.15, -0.1) is 0 Å². The van der Waals surface area contributed by atoms with Gasteiger partial charge in [0.2, 0.25) is 0 Å². The maximum absolute atomic E-state index is 5.38. The summed E-state index contributed by atoms with van der Waals surface area (Å²) < 4.78 is 0. The van der Waals surface area contributed by atoms with E-state index >= 15 is 0 Å². The number of hydrazine groups is 1. The summed E-state index contributed by atoms with van der Waals surface area (Å²) in [6, 6.07) is 8.59. The standard InChI is InChI=1S/C14H17N5/c15-18-13-8-16-9-14(17-13)19-7-3-6-11-4-1-2-5-12(11)10-19/h1-2,4-5,8-9H,3,6-7,10,15H2,(H,17,18). The van der Waals surface area contributed by atoms with Gasteiger partial charge in [-0.2, -0.15) is 0 Å². The maximum atomic E-state index is 5.38. The molecule has 0 spiro atoms. The lowest BCUT2D eigenvalue weighted by molar-refractivity contribution is 0.752. The topological polar surface area (TPSA) is 67.1 Å². The number of aromatic nitrogens is 2. The van der Waals surface area contributed by atoms with E-state index in [9.17, 15) is 0 Å². The fourth-order valence-electron chi connectivity index (χ4n) is 2.47. The van der Waals surface area contributed by atoms with Gasteiger partial charge in [-0.05, 0) is 24.0 Å². The van der Waals surface area contributed by atoms with Crippen LogP contribution in [0.15, 0.2) is 36.7 Å². The summed E-state index contributed by atoms with van der Waals surface area (Å²) in [7, 11) is 0. The van der Waals surface area contributed by atoms with E-state index in [0.717, 1.165) is 31.7 Å². The third kappa shape index (κ3) is 2.51. The molecule has 3 rings (SSSR count). The van der Waals surface area contributed by atoms with Crippen LogP contribution < -0.4 is 16.2 Å². The molecule has 0 saturated heterocycles. The number of rotatable bonds is 2. The van der Waals surface area contributed by atoms with E-state index in [4.69, 9.17) is 5.84 Å². The van der Waals surface area contributed by atoms with Crippen LogP contribution in [0.3, 0.4) is 0 Å². The Morgan fingerprint density at radius 1 is 1.16 bits per heavy atom. The monoisotopic (exact) mass is 255 g/mol. The highest BCUT2D eigenvalue weighted by molar-refractivity contribution is 5.45. The normalized spacial score (nSPS) is 14.7. The second-order valence-electron chi connectivity index (χ2n) is 4.70. The summed E-state index contributed by atoms with van der Waals surface area (Å²) in [4.78, 5) is 10.9. The van der Waals surface area contributed by atoms with E-state index in [2.05, 4.69) is 44.6 Å². The van der Waals surface area contributed by atoms with Gasteiger partial charge in [-0.1, -0.05) is 24.3 Å². The number of nitrogens with zero attached hydrogens (tertiary/aromatic N) is 3. The number of nitrogens with one attached hydrogen (secondary N) is 1. The first-order valence-electron chi connectivity index (χ1n) is 6.47. The molecule has 0 amide bonds. The van der Waals surface area contributed by atoms with Crippen molar-refractivity contribution < 1.29 is 0 Å². The highest BCUT2D eigenvalue weighted by Crippen LogP contribution is 2.22. The molecule has 5 heteroatoms. The van der Waals surface area contributed by atoms with E-state index in [0.29, 0.717) is 5.82 Å². The van der Waals surface area contributed by atoms with Crippen molar-refractivity contribution >= 4 is 11.6 Å².